The lowest BCUT2D eigenvalue weighted by Crippen LogP contribution is -2.21. The molecule has 2 N–H and O–H groups in total. The lowest BCUT2D eigenvalue weighted by Gasteiger charge is -2.25. The van der Waals surface area contributed by atoms with Crippen LogP contribution < -0.4 is 15.3 Å². The van der Waals surface area contributed by atoms with Crippen LogP contribution in [0, 0.1) is 0 Å². The summed E-state index contributed by atoms with van der Waals surface area (Å²) in [5.41, 5.74) is 3.90. The van der Waals surface area contributed by atoms with Crippen molar-refractivity contribution in [1.29, 1.82) is 0 Å². The number of pyridine rings is 1. The highest BCUT2D eigenvalue weighted by molar-refractivity contribution is 14.2. The van der Waals surface area contributed by atoms with Crippen molar-refractivity contribution in [2.75, 3.05) is 34.6 Å². The van der Waals surface area contributed by atoms with Gasteiger partial charge in [-0.05, 0) is 92.0 Å². The second-order valence-electron chi connectivity index (χ2n) is 9.26. The first kappa shape index (κ1) is 35.1. The number of anilines is 4. The first-order valence-electron chi connectivity index (χ1n) is 13.6. The molecule has 12 heteroatoms. The summed E-state index contributed by atoms with van der Waals surface area (Å²) in [7, 11) is 0. The van der Waals surface area contributed by atoms with Gasteiger partial charge in [-0.2, -0.15) is 0 Å². The second-order valence-corrected chi connectivity index (χ2v) is 12.3. The number of nitrogens with one attached hydrogen (secondary N) is 2. The number of amidine groups is 1. The molecular weight excluding hydrogens is 674 g/mol. The van der Waals surface area contributed by atoms with Gasteiger partial charge in [0, 0.05) is 35.7 Å². The van der Waals surface area contributed by atoms with E-state index in [4.69, 9.17) is 4.98 Å². The second kappa shape index (κ2) is 18.4. The molecule has 0 bridgehead atoms. The predicted molar refractivity (Wildman–Crippen MR) is 188 cm³/mol. The van der Waals surface area contributed by atoms with Crippen LogP contribution in [0.25, 0.3) is 0 Å². The van der Waals surface area contributed by atoms with Gasteiger partial charge in [0.2, 0.25) is 0 Å². The van der Waals surface area contributed by atoms with E-state index < -0.39 is 13.0 Å². The zero-order chi connectivity index (χ0) is 30.4. The quantitative estimate of drug-likeness (QED) is 0.0561. The minimum atomic E-state index is -2.54. The molecule has 1 aromatic heterocycles. The summed E-state index contributed by atoms with van der Waals surface area (Å²) in [6, 6.07) is 8.32. The van der Waals surface area contributed by atoms with E-state index in [1.165, 1.54) is 10.2 Å². The van der Waals surface area contributed by atoms with E-state index in [0.29, 0.717) is 47.0 Å². The van der Waals surface area contributed by atoms with Crippen LogP contribution in [0.15, 0.2) is 55.9 Å². The molecule has 1 unspecified atom stereocenters. The molecule has 0 fully saturated rings. The van der Waals surface area contributed by atoms with Crippen molar-refractivity contribution in [1.82, 2.24) is 4.98 Å². The van der Waals surface area contributed by atoms with Gasteiger partial charge in [0.05, 0.1) is 17.9 Å². The third kappa shape index (κ3) is 10.6. The van der Waals surface area contributed by atoms with Crippen LogP contribution in [0.1, 0.15) is 64.9 Å². The molecule has 7 nitrogen and oxygen atoms in total. The Morgan fingerprint density at radius 3 is 2.41 bits per heavy atom. The minimum Gasteiger partial charge on any atom is -0.353 e. The number of thioether (sulfide) groups is 1. The molecule has 41 heavy (non-hydrogen) atoms. The smallest absolute Gasteiger partial charge is 0.256 e. The molecule has 0 saturated heterocycles. The molecule has 1 atom stereocenters. The van der Waals surface area contributed by atoms with Gasteiger partial charge >= 0.3 is 0 Å². The summed E-state index contributed by atoms with van der Waals surface area (Å²) in [6.07, 6.45) is 5.85. The fourth-order valence-corrected chi connectivity index (χ4v) is 6.69. The number of benzene rings is 1. The van der Waals surface area contributed by atoms with Crippen molar-refractivity contribution < 1.29 is 8.78 Å². The number of hydrogen-bond donors (Lipinski definition) is 2. The van der Waals surface area contributed by atoms with E-state index in [9.17, 15) is 8.78 Å². The topological polar surface area (TPSA) is 77.3 Å². The van der Waals surface area contributed by atoms with Crippen molar-refractivity contribution in [3.05, 3.63) is 41.6 Å². The maximum Gasteiger partial charge on any atom is 0.256 e. The molecule has 0 radical (unpaired) electrons. The van der Waals surface area contributed by atoms with Gasteiger partial charge in [0.25, 0.3) is 6.43 Å². The molecule has 0 aliphatic rings. The van der Waals surface area contributed by atoms with E-state index in [2.05, 4.69) is 93.1 Å². The van der Waals surface area contributed by atoms with Gasteiger partial charge in [-0.25, -0.2) is 13.8 Å². The molecule has 2 aromatic rings. The SMILES string of the molecule is C=N/C(C)=C\C(=NCC)Nc1cc(Nc2ccc(C(CCC)CCC)cc2SC)c(N=C)c(N(CC(F)F)PI)n1. The van der Waals surface area contributed by atoms with Gasteiger partial charge in [0.1, 0.15) is 17.3 Å². The molecule has 224 valence electrons. The van der Waals surface area contributed by atoms with Crippen LogP contribution >= 0.6 is 40.2 Å². The Bertz CT molecular complexity index is 1220. The van der Waals surface area contributed by atoms with Crippen LogP contribution in [0.2, 0.25) is 0 Å². The van der Waals surface area contributed by atoms with Crippen LogP contribution in [-0.4, -0.2) is 50.0 Å². The fraction of sp³-hybridized carbons (Fsp3) is 0.448. The molecular formula is C29H41F2IN7PS. The number of allylic oxidation sites excluding steroid dienone is 1. The van der Waals surface area contributed by atoms with Crippen LogP contribution in [0.5, 0.6) is 0 Å². The summed E-state index contributed by atoms with van der Waals surface area (Å²) < 4.78 is 28.6. The number of alkyl halides is 2. The maximum absolute atomic E-state index is 13.6. The molecule has 0 spiro atoms. The van der Waals surface area contributed by atoms with Crippen molar-refractivity contribution >= 4 is 88.1 Å². The van der Waals surface area contributed by atoms with Crippen molar-refractivity contribution in [3.8, 4) is 0 Å². The highest BCUT2D eigenvalue weighted by Gasteiger charge is 2.22. The summed E-state index contributed by atoms with van der Waals surface area (Å²) in [6.45, 7) is 15.6. The maximum atomic E-state index is 13.6. The number of hydrogen-bond acceptors (Lipinski definition) is 7. The first-order chi connectivity index (χ1) is 19.7. The van der Waals surface area contributed by atoms with Crippen LogP contribution in [-0.2, 0) is 0 Å². The van der Waals surface area contributed by atoms with Gasteiger partial charge in [-0.1, -0.05) is 32.8 Å². The Morgan fingerprint density at radius 2 is 1.88 bits per heavy atom. The molecule has 2 rings (SSSR count). The Morgan fingerprint density at radius 1 is 1.17 bits per heavy atom. The van der Waals surface area contributed by atoms with Gasteiger partial charge < -0.3 is 15.3 Å². The Balaban J connectivity index is 2.68. The highest BCUT2D eigenvalue weighted by Crippen LogP contribution is 2.45. The summed E-state index contributed by atoms with van der Waals surface area (Å²) in [5, 5.41) is 6.74. The van der Waals surface area contributed by atoms with Crippen molar-refractivity contribution in [2.45, 2.75) is 70.6 Å². The molecule has 0 saturated carbocycles. The number of aliphatic imine (C=N–C) groups is 3. The average molecular weight is 716 g/mol. The summed E-state index contributed by atoms with van der Waals surface area (Å²) >= 11 is 3.74. The standard InChI is InChI=1S/C29H41F2IN7PS/c1-8-11-20(12-9-2)21-13-14-22(24(16-21)41-7)36-23-17-27(37-26(35-10-3)15-19(4)33-5)38-29(28(23)34-6)39(40-32)18-25(30)31/h13-17,20,25,40H,5-6,8-12,18H2,1-4,7H3,(H2,35,36,37,38)/b19-15-. The highest BCUT2D eigenvalue weighted by atomic mass is 127. The normalized spacial score (nSPS) is 12.4. The number of halogens is 3. The molecule has 0 amide bonds. The summed E-state index contributed by atoms with van der Waals surface area (Å²) in [5.74, 6) is 1.79. The number of aromatic nitrogens is 1. The number of nitrogens with zero attached hydrogens (tertiary/aromatic N) is 5. The third-order valence-electron chi connectivity index (χ3n) is 6.23. The van der Waals surface area contributed by atoms with Crippen molar-refractivity contribution in [3.63, 3.8) is 0 Å². The first-order valence-corrected chi connectivity index (χ1v) is 18.9. The summed E-state index contributed by atoms with van der Waals surface area (Å²) in [4.78, 5) is 18.5. The number of rotatable bonds is 17. The van der Waals surface area contributed by atoms with E-state index in [-0.39, 0.29) is 6.37 Å². The van der Waals surface area contributed by atoms with Crippen LogP contribution in [0.3, 0.4) is 0 Å². The average Bonchev–Trinajstić information content (AvgIpc) is 2.95. The zero-order valence-corrected chi connectivity index (χ0v) is 28.5. The molecule has 0 aliphatic heterocycles. The lowest BCUT2D eigenvalue weighted by molar-refractivity contribution is 0.159. The zero-order valence-electron chi connectivity index (χ0n) is 24.5. The van der Waals surface area contributed by atoms with Gasteiger partial charge in [0.15, 0.2) is 5.82 Å². The third-order valence-corrected chi connectivity index (χ3v) is 9.35. The minimum absolute atomic E-state index is 0.0120. The van der Waals surface area contributed by atoms with E-state index >= 15 is 0 Å². The van der Waals surface area contributed by atoms with Crippen molar-refractivity contribution in [2.24, 2.45) is 15.0 Å². The van der Waals surface area contributed by atoms with Gasteiger partial charge in [-0.15, -0.1) is 11.8 Å². The lowest BCUT2D eigenvalue weighted by atomic mass is 9.90. The Hall–Kier alpha value is -2.11. The van der Waals surface area contributed by atoms with Crippen LogP contribution in [0.4, 0.5) is 37.5 Å². The monoisotopic (exact) mass is 715 g/mol. The van der Waals surface area contributed by atoms with E-state index in [1.54, 1.807) is 23.9 Å². The Labute approximate surface area is 262 Å². The van der Waals surface area contributed by atoms with E-state index in [1.807, 2.05) is 20.1 Å². The molecule has 1 heterocycles. The predicted octanol–water partition coefficient (Wildman–Crippen LogP) is 10.0. The van der Waals surface area contributed by atoms with E-state index in [0.717, 1.165) is 36.3 Å². The largest absolute Gasteiger partial charge is 0.353 e. The molecule has 1 aromatic carbocycles. The molecule has 0 aliphatic carbocycles. The Kier molecular flexibility index (Phi) is 15.8. The van der Waals surface area contributed by atoms with Gasteiger partial charge in [-0.3, -0.25) is 15.0 Å². The fourth-order valence-electron chi connectivity index (χ4n) is 4.38.